The van der Waals surface area contributed by atoms with Crippen LogP contribution in [0.15, 0.2) is 40.5 Å². The van der Waals surface area contributed by atoms with E-state index in [1.54, 1.807) is 17.4 Å². The molecular formula is C19H15FN4OS. The first-order chi connectivity index (χ1) is 12.6. The molecule has 3 aromatic rings. The molecule has 26 heavy (non-hydrogen) atoms. The average molecular weight is 366 g/mol. The van der Waals surface area contributed by atoms with Crippen LogP contribution in [0.1, 0.15) is 22.4 Å². The molecule has 7 heteroatoms. The van der Waals surface area contributed by atoms with E-state index in [4.69, 9.17) is 5.26 Å². The highest BCUT2D eigenvalue weighted by Crippen LogP contribution is 2.23. The minimum absolute atomic E-state index is 0.0412. The smallest absolute Gasteiger partial charge is 0.255 e. The summed E-state index contributed by atoms with van der Waals surface area (Å²) in [6, 6.07) is 10.3. The zero-order valence-corrected chi connectivity index (χ0v) is 14.6. The summed E-state index contributed by atoms with van der Waals surface area (Å²) in [5, 5.41) is 10.8. The van der Waals surface area contributed by atoms with E-state index in [2.05, 4.69) is 14.9 Å². The summed E-state index contributed by atoms with van der Waals surface area (Å²) in [5.41, 5.74) is 2.21. The van der Waals surface area contributed by atoms with Crippen LogP contribution in [0.2, 0.25) is 0 Å². The maximum absolute atomic E-state index is 13.8. The van der Waals surface area contributed by atoms with Gasteiger partial charge in [-0.1, -0.05) is 12.1 Å². The molecule has 0 saturated carbocycles. The number of nitrogens with one attached hydrogen (secondary N) is 1. The number of nitrogens with zero attached hydrogens (tertiary/aromatic N) is 3. The number of aromatic amines is 1. The third-order valence-corrected chi connectivity index (χ3v) is 5.34. The third-order valence-electron chi connectivity index (χ3n) is 4.46. The Bertz CT molecular complexity index is 1050. The molecule has 1 aromatic carbocycles. The van der Waals surface area contributed by atoms with Gasteiger partial charge in [-0.15, -0.1) is 11.3 Å². The first-order valence-corrected chi connectivity index (χ1v) is 9.09. The van der Waals surface area contributed by atoms with E-state index in [1.165, 1.54) is 12.1 Å². The maximum Gasteiger partial charge on any atom is 0.255 e. The minimum Gasteiger partial charge on any atom is -0.306 e. The zero-order chi connectivity index (χ0) is 18.1. The second kappa shape index (κ2) is 6.83. The zero-order valence-electron chi connectivity index (χ0n) is 13.8. The van der Waals surface area contributed by atoms with Crippen LogP contribution < -0.4 is 5.56 Å². The summed E-state index contributed by atoms with van der Waals surface area (Å²) in [6.45, 7) is 1.74. The Morgan fingerprint density at radius 1 is 1.38 bits per heavy atom. The second-order valence-corrected chi connectivity index (χ2v) is 7.15. The van der Waals surface area contributed by atoms with Crippen LogP contribution in [0.25, 0.3) is 10.7 Å². The Kier molecular flexibility index (Phi) is 4.37. The molecule has 0 unspecified atom stereocenters. The van der Waals surface area contributed by atoms with E-state index >= 15 is 0 Å². The van der Waals surface area contributed by atoms with Crippen molar-refractivity contribution in [3.8, 4) is 16.8 Å². The van der Waals surface area contributed by atoms with Gasteiger partial charge in [-0.25, -0.2) is 9.37 Å². The number of nitriles is 1. The normalized spacial score (nSPS) is 14.0. The number of aromatic nitrogens is 2. The summed E-state index contributed by atoms with van der Waals surface area (Å²) < 4.78 is 13.8. The van der Waals surface area contributed by atoms with Gasteiger partial charge in [0.2, 0.25) is 0 Å². The molecule has 1 aliphatic heterocycles. The van der Waals surface area contributed by atoms with Crippen LogP contribution in [0.5, 0.6) is 0 Å². The van der Waals surface area contributed by atoms with Gasteiger partial charge < -0.3 is 4.98 Å². The van der Waals surface area contributed by atoms with Gasteiger partial charge in [0.25, 0.3) is 5.56 Å². The van der Waals surface area contributed by atoms with E-state index in [0.717, 1.165) is 22.7 Å². The van der Waals surface area contributed by atoms with Crippen LogP contribution in [0.4, 0.5) is 4.39 Å². The number of benzene rings is 1. The number of rotatable bonds is 3. The first kappa shape index (κ1) is 16.6. The highest BCUT2D eigenvalue weighted by atomic mass is 32.1. The molecule has 0 fully saturated rings. The van der Waals surface area contributed by atoms with Crippen LogP contribution >= 0.6 is 11.3 Å². The van der Waals surface area contributed by atoms with E-state index in [-0.39, 0.29) is 11.1 Å². The Morgan fingerprint density at radius 2 is 2.27 bits per heavy atom. The Morgan fingerprint density at radius 3 is 3.00 bits per heavy atom. The Balaban J connectivity index is 1.56. The fraction of sp³-hybridized carbons (Fsp3) is 0.211. The van der Waals surface area contributed by atoms with Gasteiger partial charge in [-0.05, 0) is 29.1 Å². The molecule has 0 aliphatic carbocycles. The van der Waals surface area contributed by atoms with Crippen molar-refractivity contribution >= 4 is 11.3 Å². The number of H-pyrrole nitrogens is 1. The molecule has 1 aliphatic rings. The lowest BCUT2D eigenvalue weighted by Gasteiger charge is -2.27. The van der Waals surface area contributed by atoms with Gasteiger partial charge in [-0.2, -0.15) is 5.26 Å². The van der Waals surface area contributed by atoms with Crippen LogP contribution in [-0.4, -0.2) is 21.4 Å². The van der Waals surface area contributed by atoms with Crippen molar-refractivity contribution in [3.05, 3.63) is 74.3 Å². The van der Waals surface area contributed by atoms with Gasteiger partial charge in [0.05, 0.1) is 21.7 Å². The van der Waals surface area contributed by atoms with Gasteiger partial charge in [-0.3, -0.25) is 9.69 Å². The van der Waals surface area contributed by atoms with Gasteiger partial charge in [0, 0.05) is 26.1 Å². The van der Waals surface area contributed by atoms with Crippen LogP contribution in [0, 0.1) is 17.1 Å². The van der Waals surface area contributed by atoms with Crippen LogP contribution in [0.3, 0.4) is 0 Å². The maximum atomic E-state index is 13.8. The largest absolute Gasteiger partial charge is 0.306 e. The van der Waals surface area contributed by atoms with Crippen molar-refractivity contribution < 1.29 is 4.39 Å². The fourth-order valence-corrected chi connectivity index (χ4v) is 3.82. The topological polar surface area (TPSA) is 72.8 Å². The van der Waals surface area contributed by atoms with E-state index in [0.29, 0.717) is 30.9 Å². The quantitative estimate of drug-likeness (QED) is 0.773. The van der Waals surface area contributed by atoms with E-state index < -0.39 is 5.82 Å². The van der Waals surface area contributed by atoms with Crippen molar-refractivity contribution in [1.29, 1.82) is 5.26 Å². The highest BCUT2D eigenvalue weighted by molar-refractivity contribution is 7.13. The van der Waals surface area contributed by atoms with E-state index in [1.807, 2.05) is 23.6 Å². The summed E-state index contributed by atoms with van der Waals surface area (Å²) in [7, 11) is 0. The molecule has 0 amide bonds. The van der Waals surface area contributed by atoms with Gasteiger partial charge >= 0.3 is 0 Å². The van der Waals surface area contributed by atoms with Crippen molar-refractivity contribution in [2.45, 2.75) is 19.5 Å². The molecule has 4 rings (SSSR count). The molecule has 3 heterocycles. The number of hydrogen-bond acceptors (Lipinski definition) is 5. The summed E-state index contributed by atoms with van der Waals surface area (Å²) in [5.74, 6) is 0.105. The summed E-state index contributed by atoms with van der Waals surface area (Å²) in [4.78, 5) is 23.0. The van der Waals surface area contributed by atoms with Crippen LogP contribution in [-0.2, 0) is 19.5 Å². The lowest BCUT2D eigenvalue weighted by atomic mass is 10.1. The molecule has 0 atom stereocenters. The molecule has 0 spiro atoms. The first-order valence-electron chi connectivity index (χ1n) is 8.21. The molecule has 1 N–H and O–H groups in total. The summed E-state index contributed by atoms with van der Waals surface area (Å²) in [6.07, 6.45) is 0.677. The molecule has 130 valence electrons. The van der Waals surface area contributed by atoms with Crippen molar-refractivity contribution in [3.63, 3.8) is 0 Å². The molecule has 2 aromatic heterocycles. The lowest BCUT2D eigenvalue weighted by molar-refractivity contribution is 0.241. The van der Waals surface area contributed by atoms with Crippen molar-refractivity contribution in [2.24, 2.45) is 0 Å². The predicted molar refractivity (Wildman–Crippen MR) is 97.1 cm³/mol. The van der Waals surface area contributed by atoms with Gasteiger partial charge in [0.15, 0.2) is 5.82 Å². The Hall–Kier alpha value is -2.82. The fourth-order valence-electron chi connectivity index (χ4n) is 3.15. The molecule has 0 bridgehead atoms. The lowest BCUT2D eigenvalue weighted by Crippen LogP contribution is -2.35. The molecule has 0 saturated heterocycles. The number of fused-ring (bicyclic) bond motifs is 1. The van der Waals surface area contributed by atoms with E-state index in [9.17, 15) is 9.18 Å². The Labute approximate surface area is 153 Å². The molecule has 0 radical (unpaired) electrons. The molecule has 5 nitrogen and oxygen atoms in total. The summed E-state index contributed by atoms with van der Waals surface area (Å²) >= 11 is 1.54. The van der Waals surface area contributed by atoms with Crippen molar-refractivity contribution in [1.82, 2.24) is 14.9 Å². The minimum atomic E-state index is -0.512. The predicted octanol–water partition coefficient (Wildman–Crippen LogP) is 3.07. The number of halogens is 1. The number of hydrogen-bond donors (Lipinski definition) is 1. The van der Waals surface area contributed by atoms with Gasteiger partial charge in [0.1, 0.15) is 11.9 Å². The van der Waals surface area contributed by atoms with Crippen molar-refractivity contribution in [2.75, 3.05) is 6.54 Å². The third kappa shape index (κ3) is 3.17. The second-order valence-electron chi connectivity index (χ2n) is 6.20. The highest BCUT2D eigenvalue weighted by Gasteiger charge is 2.22. The molecular weight excluding hydrogens is 351 g/mol. The number of thiophene rings is 1. The monoisotopic (exact) mass is 366 g/mol. The standard InChI is InChI=1S/C19H15FN4OS/c20-15-8-12(3-4-13(15)9-21)10-24-6-5-16-14(11-24)19(25)23-18(22-16)17-2-1-7-26-17/h1-4,7-8H,5-6,10-11H2,(H,22,23,25). The average Bonchev–Trinajstić information content (AvgIpc) is 3.17. The SMILES string of the molecule is N#Cc1ccc(CN2CCc3nc(-c4cccs4)[nH]c(=O)c3C2)cc1F.